The van der Waals surface area contributed by atoms with Crippen molar-refractivity contribution in [3.8, 4) is 0 Å². The van der Waals surface area contributed by atoms with Crippen LogP contribution >= 0.6 is 0 Å². The van der Waals surface area contributed by atoms with Gasteiger partial charge in [-0.3, -0.25) is 14.2 Å². The molecule has 0 fully saturated rings. The lowest BCUT2D eigenvalue weighted by molar-refractivity contribution is -0.280. The highest BCUT2D eigenvalue weighted by atomic mass is 32.2. The van der Waals surface area contributed by atoms with Crippen molar-refractivity contribution in [2.45, 2.75) is 25.2 Å². The summed E-state index contributed by atoms with van der Waals surface area (Å²) in [5, 5.41) is 8.61. The molecular formula is C8H14O9S. The molecule has 0 aliphatic rings. The van der Waals surface area contributed by atoms with Gasteiger partial charge < -0.3 is 9.84 Å². The maximum absolute atomic E-state index is 11.5. The molecule has 0 aliphatic heterocycles. The van der Waals surface area contributed by atoms with Gasteiger partial charge in [0.05, 0.1) is 6.61 Å². The van der Waals surface area contributed by atoms with E-state index in [2.05, 4.69) is 14.5 Å². The minimum Gasteiger partial charge on any atom is -0.481 e. The van der Waals surface area contributed by atoms with Gasteiger partial charge in [0, 0.05) is 6.61 Å². The van der Waals surface area contributed by atoms with E-state index in [9.17, 15) is 18.0 Å². The fourth-order valence-corrected chi connectivity index (χ4v) is 1.88. The number of rotatable bonds is 8. The van der Waals surface area contributed by atoms with Crippen molar-refractivity contribution in [2.75, 3.05) is 13.2 Å². The Labute approximate surface area is 103 Å². The predicted octanol–water partition coefficient (Wildman–Crippen LogP) is -0.424. The van der Waals surface area contributed by atoms with Crippen molar-refractivity contribution >= 4 is 22.1 Å². The van der Waals surface area contributed by atoms with Gasteiger partial charge in [0.1, 0.15) is 6.42 Å². The van der Waals surface area contributed by atoms with Crippen LogP contribution in [0.15, 0.2) is 0 Å². The molecule has 1 unspecified atom stereocenters. The van der Waals surface area contributed by atoms with Crippen LogP contribution in [0.5, 0.6) is 0 Å². The number of carbonyl (C=O) groups excluding carboxylic acids is 1. The molecule has 0 saturated heterocycles. The van der Waals surface area contributed by atoms with Crippen molar-refractivity contribution in [1.82, 2.24) is 0 Å². The Hall–Kier alpha value is -1.23. The molecule has 0 aromatic heterocycles. The van der Waals surface area contributed by atoms with Gasteiger partial charge in [0.25, 0.3) is 0 Å². The van der Waals surface area contributed by atoms with Crippen LogP contribution in [-0.4, -0.2) is 48.2 Å². The first-order chi connectivity index (χ1) is 8.21. The van der Waals surface area contributed by atoms with E-state index in [1.807, 2.05) is 0 Å². The van der Waals surface area contributed by atoms with Crippen molar-refractivity contribution < 1.29 is 42.2 Å². The molecular weight excluding hydrogens is 272 g/mol. The van der Waals surface area contributed by atoms with E-state index < -0.39 is 33.4 Å². The molecule has 106 valence electrons. The minimum absolute atomic E-state index is 0.0908. The Morgan fingerprint density at radius 1 is 1.22 bits per heavy atom. The molecule has 2 N–H and O–H groups in total. The third kappa shape index (κ3) is 3.91. The second-order valence-electron chi connectivity index (χ2n) is 3.01. The zero-order chi connectivity index (χ0) is 14.4. The maximum atomic E-state index is 11.5. The summed E-state index contributed by atoms with van der Waals surface area (Å²) in [6.07, 6.45) is -1.31. The highest BCUT2D eigenvalue weighted by Crippen LogP contribution is 2.25. The van der Waals surface area contributed by atoms with Crippen molar-refractivity contribution in [1.29, 1.82) is 0 Å². The average Bonchev–Trinajstić information content (AvgIpc) is 2.22. The summed E-state index contributed by atoms with van der Waals surface area (Å²) < 4.78 is 36.0. The van der Waals surface area contributed by atoms with Gasteiger partial charge >= 0.3 is 27.0 Å². The minimum atomic E-state index is -5.17. The van der Waals surface area contributed by atoms with Crippen LogP contribution in [0.1, 0.15) is 20.3 Å². The molecule has 0 radical (unpaired) electrons. The number of carboxylic acid groups (broad SMARTS) is 1. The molecule has 9 nitrogen and oxygen atoms in total. The van der Waals surface area contributed by atoms with Crippen LogP contribution < -0.4 is 0 Å². The Bertz CT molecular complexity index is 401. The number of hydrogen-bond acceptors (Lipinski definition) is 7. The molecule has 0 rings (SSSR count). The smallest absolute Gasteiger partial charge is 0.392 e. The molecule has 0 aliphatic carbocycles. The van der Waals surface area contributed by atoms with Crippen molar-refractivity contribution in [3.05, 3.63) is 0 Å². The lowest BCUT2D eigenvalue weighted by Gasteiger charge is -2.25. The Kier molecular flexibility index (Phi) is 6.18. The lowest BCUT2D eigenvalue weighted by Crippen LogP contribution is -2.51. The topological polar surface area (TPSA) is 136 Å². The molecule has 10 heteroatoms. The first-order valence-corrected chi connectivity index (χ1v) is 6.32. The largest absolute Gasteiger partial charge is 0.481 e. The molecule has 0 saturated carbocycles. The first kappa shape index (κ1) is 16.8. The van der Waals surface area contributed by atoms with Crippen LogP contribution in [0.2, 0.25) is 0 Å². The fourth-order valence-electron chi connectivity index (χ4n) is 1.06. The summed E-state index contributed by atoms with van der Waals surface area (Å²) in [5.41, 5.74) is 0. The van der Waals surface area contributed by atoms with Crippen molar-refractivity contribution in [2.24, 2.45) is 0 Å². The number of hydrogen-bond donors (Lipinski definition) is 2. The standard InChI is InChI=1S/C8H14O9S/c1-3-15-8(5-6(9)10,18(12,13)14)7(11)17-16-4-2/h3-5H2,1-2H3,(H,9,10)(H,12,13,14). The predicted molar refractivity (Wildman–Crippen MR) is 55.9 cm³/mol. The number of carbonyl (C=O) groups is 2. The van der Waals surface area contributed by atoms with E-state index >= 15 is 0 Å². The van der Waals surface area contributed by atoms with Gasteiger partial charge in [-0.2, -0.15) is 13.3 Å². The normalized spacial score (nSPS) is 14.8. The van der Waals surface area contributed by atoms with Crippen molar-refractivity contribution in [3.63, 3.8) is 0 Å². The highest BCUT2D eigenvalue weighted by Gasteiger charge is 2.56. The average molecular weight is 286 g/mol. The molecule has 0 heterocycles. The van der Waals surface area contributed by atoms with E-state index in [0.29, 0.717) is 0 Å². The summed E-state index contributed by atoms with van der Waals surface area (Å²) in [7, 11) is -5.17. The van der Waals surface area contributed by atoms with Gasteiger partial charge in [-0.15, -0.1) is 0 Å². The SMILES string of the molecule is CCOOC(=O)C(CC(=O)O)(OCC)S(=O)(=O)O. The van der Waals surface area contributed by atoms with E-state index in [1.165, 1.54) is 13.8 Å². The zero-order valence-corrected chi connectivity index (χ0v) is 10.6. The molecule has 18 heavy (non-hydrogen) atoms. The quantitative estimate of drug-likeness (QED) is 0.346. The Morgan fingerprint density at radius 2 is 1.78 bits per heavy atom. The maximum Gasteiger partial charge on any atom is 0.392 e. The highest BCUT2D eigenvalue weighted by molar-refractivity contribution is 7.88. The molecule has 0 spiro atoms. The van der Waals surface area contributed by atoms with Gasteiger partial charge in [0.15, 0.2) is 0 Å². The van der Waals surface area contributed by atoms with E-state index in [0.717, 1.165) is 0 Å². The summed E-state index contributed by atoms with van der Waals surface area (Å²) in [5.74, 6) is -3.33. The number of aliphatic carboxylic acids is 1. The number of ether oxygens (including phenoxy) is 1. The van der Waals surface area contributed by atoms with Gasteiger partial charge in [-0.25, -0.2) is 4.79 Å². The summed E-state index contributed by atoms with van der Waals surface area (Å²) in [6, 6.07) is 0. The Balaban J connectivity index is 5.46. The lowest BCUT2D eigenvalue weighted by atomic mass is 10.2. The van der Waals surface area contributed by atoms with Gasteiger partial charge in [0.2, 0.25) is 0 Å². The summed E-state index contributed by atoms with van der Waals surface area (Å²) >= 11 is 0. The monoisotopic (exact) mass is 286 g/mol. The van der Waals surface area contributed by atoms with E-state index in [4.69, 9.17) is 9.66 Å². The molecule has 0 aromatic carbocycles. The van der Waals surface area contributed by atoms with Crippen LogP contribution in [0, 0.1) is 0 Å². The van der Waals surface area contributed by atoms with Crippen LogP contribution in [0.4, 0.5) is 0 Å². The van der Waals surface area contributed by atoms with Gasteiger partial charge in [-0.05, 0) is 13.8 Å². The van der Waals surface area contributed by atoms with Crippen LogP contribution in [0.25, 0.3) is 0 Å². The van der Waals surface area contributed by atoms with E-state index in [-0.39, 0.29) is 13.2 Å². The first-order valence-electron chi connectivity index (χ1n) is 4.88. The van der Waals surface area contributed by atoms with Crippen LogP contribution in [-0.2, 0) is 34.2 Å². The molecule has 0 bridgehead atoms. The van der Waals surface area contributed by atoms with Crippen LogP contribution in [0.3, 0.4) is 0 Å². The summed E-state index contributed by atoms with van der Waals surface area (Å²) in [4.78, 5) is 27.4. The zero-order valence-electron chi connectivity index (χ0n) is 9.78. The van der Waals surface area contributed by atoms with E-state index in [1.54, 1.807) is 0 Å². The number of carboxylic acids is 1. The third-order valence-electron chi connectivity index (χ3n) is 1.74. The van der Waals surface area contributed by atoms with Gasteiger partial charge in [-0.1, -0.05) is 0 Å². The second-order valence-corrected chi connectivity index (χ2v) is 4.62. The molecule has 0 amide bonds. The third-order valence-corrected chi connectivity index (χ3v) is 3.00. The fraction of sp³-hybridized carbons (Fsp3) is 0.750. The Morgan fingerprint density at radius 3 is 2.11 bits per heavy atom. The molecule has 0 aromatic rings. The second kappa shape index (κ2) is 6.64. The summed E-state index contributed by atoms with van der Waals surface area (Å²) in [6.45, 7) is 2.33. The molecule has 1 atom stereocenters.